The molecule has 3 aliphatic rings. The molecule has 2 aromatic heterocycles. The summed E-state index contributed by atoms with van der Waals surface area (Å²) in [5.74, 6) is 0.776. The molecule has 0 saturated carbocycles. The Balaban J connectivity index is 0.909. The van der Waals surface area contributed by atoms with Crippen molar-refractivity contribution in [2.75, 3.05) is 52.4 Å². The Morgan fingerprint density at radius 2 is 1.65 bits per heavy atom. The van der Waals surface area contributed by atoms with Crippen molar-refractivity contribution in [2.45, 2.75) is 103 Å². The van der Waals surface area contributed by atoms with Crippen LogP contribution in [0.25, 0.3) is 11.0 Å². The largest absolute Gasteiger partial charge is 0.370 e. The number of ether oxygens (including phenoxy) is 1. The quantitative estimate of drug-likeness (QED) is 0.219. The second-order valence-corrected chi connectivity index (χ2v) is 14.3. The van der Waals surface area contributed by atoms with Crippen LogP contribution in [0.1, 0.15) is 106 Å². The molecule has 0 bridgehead atoms. The number of amides is 2. The predicted molar refractivity (Wildman–Crippen MR) is 189 cm³/mol. The first-order chi connectivity index (χ1) is 24.7. The smallest absolute Gasteiger partial charge is 0.257 e. The van der Waals surface area contributed by atoms with Gasteiger partial charge in [-0.25, -0.2) is 9.37 Å². The third-order valence-corrected chi connectivity index (χ3v) is 10.8. The van der Waals surface area contributed by atoms with Crippen molar-refractivity contribution in [1.82, 2.24) is 29.4 Å². The van der Waals surface area contributed by atoms with Crippen LogP contribution < -0.4 is 5.56 Å². The summed E-state index contributed by atoms with van der Waals surface area (Å²) in [5.41, 5.74) is 2.99. The van der Waals surface area contributed by atoms with E-state index in [1.807, 2.05) is 16.4 Å². The number of ketones is 1. The maximum atomic E-state index is 13.7. The number of piperazine rings is 1. The molecule has 3 aromatic rings. The van der Waals surface area contributed by atoms with Gasteiger partial charge in [-0.2, -0.15) is 0 Å². The van der Waals surface area contributed by atoms with Crippen molar-refractivity contribution in [3.8, 4) is 0 Å². The van der Waals surface area contributed by atoms with E-state index >= 15 is 0 Å². The lowest BCUT2D eigenvalue weighted by Crippen LogP contribution is -2.50. The number of piperidine rings is 1. The van der Waals surface area contributed by atoms with Crippen LogP contribution in [0.3, 0.4) is 0 Å². The maximum absolute atomic E-state index is 13.7. The van der Waals surface area contributed by atoms with Crippen molar-refractivity contribution in [3.05, 3.63) is 57.1 Å². The fourth-order valence-electron chi connectivity index (χ4n) is 7.70. The van der Waals surface area contributed by atoms with Crippen LogP contribution in [0, 0.1) is 12.7 Å². The fourth-order valence-corrected chi connectivity index (χ4v) is 7.70. The molecule has 13 heteroatoms. The number of carbonyl (C=O) groups is 3. The first-order valence-electron chi connectivity index (χ1n) is 18.7. The van der Waals surface area contributed by atoms with Gasteiger partial charge < -0.3 is 28.8 Å². The van der Waals surface area contributed by atoms with E-state index in [-0.39, 0.29) is 53.8 Å². The van der Waals surface area contributed by atoms with E-state index in [0.29, 0.717) is 57.8 Å². The number of aromatic nitrogens is 3. The van der Waals surface area contributed by atoms with Crippen molar-refractivity contribution in [2.24, 2.45) is 0 Å². The van der Waals surface area contributed by atoms with Gasteiger partial charge in [-0.05, 0) is 84.0 Å². The molecule has 2 fully saturated rings. The zero-order valence-electron chi connectivity index (χ0n) is 30.0. The van der Waals surface area contributed by atoms with Gasteiger partial charge in [0, 0.05) is 93.8 Å². The number of benzene rings is 1. The van der Waals surface area contributed by atoms with Crippen LogP contribution in [-0.2, 0) is 32.1 Å². The summed E-state index contributed by atoms with van der Waals surface area (Å²) in [6.07, 6.45) is 7.44. The third-order valence-electron chi connectivity index (χ3n) is 10.8. The van der Waals surface area contributed by atoms with Crippen molar-refractivity contribution >= 4 is 28.6 Å². The van der Waals surface area contributed by atoms with Gasteiger partial charge >= 0.3 is 0 Å². The van der Waals surface area contributed by atoms with Gasteiger partial charge in [-0.1, -0.05) is 11.6 Å². The van der Waals surface area contributed by atoms with E-state index in [1.54, 1.807) is 11.0 Å². The van der Waals surface area contributed by atoms with Gasteiger partial charge in [-0.15, -0.1) is 0 Å². The highest BCUT2D eigenvalue weighted by Crippen LogP contribution is 2.33. The van der Waals surface area contributed by atoms with Crippen LogP contribution in [0.15, 0.2) is 27.5 Å². The summed E-state index contributed by atoms with van der Waals surface area (Å²) in [5, 5.41) is 5.15. The summed E-state index contributed by atoms with van der Waals surface area (Å²) in [7, 11) is 0. The molecule has 2 saturated heterocycles. The second-order valence-electron chi connectivity index (χ2n) is 14.3. The van der Waals surface area contributed by atoms with E-state index in [0.717, 1.165) is 92.7 Å². The zero-order valence-corrected chi connectivity index (χ0v) is 30.0. The minimum atomic E-state index is -0.327. The minimum absolute atomic E-state index is 0.0130. The lowest BCUT2D eigenvalue weighted by atomic mass is 9.91. The molecule has 276 valence electrons. The van der Waals surface area contributed by atoms with Crippen molar-refractivity contribution < 1.29 is 28.0 Å². The number of hydrogen-bond donors (Lipinski definition) is 0. The van der Waals surface area contributed by atoms with Crippen molar-refractivity contribution in [1.29, 1.82) is 0 Å². The molecular weight excluding hydrogens is 655 g/mol. The summed E-state index contributed by atoms with van der Waals surface area (Å²) in [6, 6.07) is 4.59. The summed E-state index contributed by atoms with van der Waals surface area (Å²) >= 11 is 0. The van der Waals surface area contributed by atoms with Gasteiger partial charge in [-0.3, -0.25) is 19.0 Å². The lowest BCUT2D eigenvalue weighted by Gasteiger charge is -2.35. The highest BCUT2D eigenvalue weighted by molar-refractivity contribution is 5.84. The maximum Gasteiger partial charge on any atom is 0.257 e. The highest BCUT2D eigenvalue weighted by atomic mass is 19.1. The zero-order chi connectivity index (χ0) is 35.9. The molecular formula is C38H51FN6O6. The Morgan fingerprint density at radius 1 is 0.922 bits per heavy atom. The van der Waals surface area contributed by atoms with E-state index < -0.39 is 0 Å². The summed E-state index contributed by atoms with van der Waals surface area (Å²) in [4.78, 5) is 60.7. The monoisotopic (exact) mass is 706 g/mol. The number of carbonyl (C=O) groups excluding carboxylic acids is 3. The molecule has 51 heavy (non-hydrogen) atoms. The van der Waals surface area contributed by atoms with Gasteiger partial charge in [0.05, 0.1) is 5.69 Å². The molecule has 0 aliphatic carbocycles. The third kappa shape index (κ3) is 9.10. The number of likely N-dealkylation sites (tertiary alicyclic amines) is 1. The topological polar surface area (TPSA) is 131 Å². The average Bonchev–Trinajstić information content (AvgIpc) is 3.55. The number of Topliss-reactive ketones (excluding diaryl/α,β-unsaturated/α-hetero) is 1. The molecule has 1 aromatic carbocycles. The standard InChI is InChI=1S/C38H51FN6O6/c1-26(46)9-12-35(48)44-22-20-43(21-23-44)34(47)8-4-3-5-24-50-32-7-6-16-45-37(32)40-27(2)30(38(45)49)15-19-42-17-13-28(14-18-42)36-31-11-10-29(39)25-33(31)51-41-36/h10-11,25,28,32H,3-9,12-24H2,1-2H3. The Morgan fingerprint density at radius 3 is 2.37 bits per heavy atom. The van der Waals surface area contributed by atoms with Crippen LogP contribution in [0.5, 0.6) is 0 Å². The number of fused-ring (bicyclic) bond motifs is 2. The molecule has 1 unspecified atom stereocenters. The number of nitrogens with zero attached hydrogens (tertiary/aromatic N) is 6. The molecule has 5 heterocycles. The molecule has 3 aliphatic heterocycles. The molecule has 0 radical (unpaired) electrons. The summed E-state index contributed by atoms with van der Waals surface area (Å²) < 4.78 is 27.1. The van der Waals surface area contributed by atoms with Crippen LogP contribution >= 0.6 is 0 Å². The highest BCUT2D eigenvalue weighted by Gasteiger charge is 2.28. The van der Waals surface area contributed by atoms with E-state index in [2.05, 4.69) is 10.1 Å². The first kappa shape index (κ1) is 36.8. The second kappa shape index (κ2) is 17.0. The van der Waals surface area contributed by atoms with Gasteiger partial charge in [0.1, 0.15) is 23.5 Å². The van der Waals surface area contributed by atoms with E-state index in [1.165, 1.54) is 19.1 Å². The van der Waals surface area contributed by atoms with Gasteiger partial charge in [0.15, 0.2) is 5.58 Å². The number of halogens is 1. The Kier molecular flexibility index (Phi) is 12.3. The number of hydrogen-bond acceptors (Lipinski definition) is 9. The van der Waals surface area contributed by atoms with Gasteiger partial charge in [0.25, 0.3) is 5.56 Å². The first-order valence-corrected chi connectivity index (χ1v) is 18.7. The Bertz CT molecular complexity index is 1760. The van der Waals surface area contributed by atoms with Crippen LogP contribution in [0.2, 0.25) is 0 Å². The van der Waals surface area contributed by atoms with Crippen molar-refractivity contribution in [3.63, 3.8) is 0 Å². The molecule has 0 N–H and O–H groups in total. The molecule has 2 amide bonds. The molecule has 0 spiro atoms. The van der Waals surface area contributed by atoms with E-state index in [4.69, 9.17) is 14.2 Å². The Hall–Kier alpha value is -3.97. The predicted octanol–water partition coefficient (Wildman–Crippen LogP) is 4.71. The van der Waals surface area contributed by atoms with E-state index in [9.17, 15) is 23.6 Å². The minimum Gasteiger partial charge on any atom is -0.370 e. The number of rotatable bonds is 14. The lowest BCUT2D eigenvalue weighted by molar-refractivity contribution is -0.140. The number of aryl methyl sites for hydroxylation is 1. The van der Waals surface area contributed by atoms with Crippen LogP contribution in [0.4, 0.5) is 4.39 Å². The molecule has 6 rings (SSSR count). The normalized spacial score (nSPS) is 18.7. The average molecular weight is 707 g/mol. The SMILES string of the molecule is CC(=O)CCC(=O)N1CCN(C(=O)CCCCCOC2CCCn3c2nc(C)c(CCN2CCC(c4noc5cc(F)ccc45)CC2)c3=O)CC1. The fraction of sp³-hybridized carbons (Fsp3) is 0.632. The number of unbranched alkanes of at least 4 members (excludes halogenated alkanes) is 2. The summed E-state index contributed by atoms with van der Waals surface area (Å²) in [6.45, 7) is 9.31. The van der Waals surface area contributed by atoms with Gasteiger partial charge in [0.2, 0.25) is 11.8 Å². The van der Waals surface area contributed by atoms with Crippen LogP contribution in [-0.4, -0.2) is 99.4 Å². The Labute approximate surface area is 298 Å². The molecule has 12 nitrogen and oxygen atoms in total. The molecule has 1 atom stereocenters.